The van der Waals surface area contributed by atoms with E-state index < -0.39 is 69.6 Å². The number of hydrogen-bond acceptors (Lipinski definition) is 9. The second-order valence-electron chi connectivity index (χ2n) is 12.6. The molecular formula is C30H36FN3O7. The van der Waals surface area contributed by atoms with Crippen LogP contribution in [0.5, 0.6) is 5.75 Å². The summed E-state index contributed by atoms with van der Waals surface area (Å²) in [5, 5.41) is 44.9. The van der Waals surface area contributed by atoms with Crippen LogP contribution in [0.3, 0.4) is 0 Å². The molecule has 0 bridgehead atoms. The topological polar surface area (TPSA) is 165 Å². The number of likely N-dealkylation sites (N-methyl/N-ethyl adjacent to an activating group) is 1. The summed E-state index contributed by atoms with van der Waals surface area (Å²) in [5.74, 6) is -7.42. The number of phenols is 1. The summed E-state index contributed by atoms with van der Waals surface area (Å²) >= 11 is 0. The van der Waals surface area contributed by atoms with Gasteiger partial charge in [0, 0.05) is 41.7 Å². The highest BCUT2D eigenvalue weighted by Crippen LogP contribution is 2.52. The number of allylic oxidation sites excluding steroid dienone is 1. The predicted octanol–water partition coefficient (Wildman–Crippen LogP) is 2.02. The highest BCUT2D eigenvalue weighted by atomic mass is 19.1. The molecule has 0 aromatic heterocycles. The largest absolute Gasteiger partial charge is 0.510 e. The fourth-order valence-corrected chi connectivity index (χ4v) is 7.41. The minimum atomic E-state index is -2.72. The molecule has 0 saturated heterocycles. The number of Topliss-reactive ketones (excluding diaryl/α,β-unsaturated/α-hetero) is 2. The van der Waals surface area contributed by atoms with E-state index in [1.165, 1.54) is 11.0 Å². The van der Waals surface area contributed by atoms with Crippen LogP contribution in [0.2, 0.25) is 0 Å². The van der Waals surface area contributed by atoms with E-state index in [0.717, 1.165) is 38.6 Å². The van der Waals surface area contributed by atoms with Gasteiger partial charge in [0.1, 0.15) is 28.7 Å². The summed E-state index contributed by atoms with van der Waals surface area (Å²) < 4.78 is 16.2. The summed E-state index contributed by atoms with van der Waals surface area (Å²) in [4.78, 5) is 43.0. The molecular weight excluding hydrogens is 533 g/mol. The first-order valence-electron chi connectivity index (χ1n) is 14.3. The molecule has 220 valence electrons. The average Bonchev–Trinajstić information content (AvgIpc) is 3.67. The van der Waals surface area contributed by atoms with Gasteiger partial charge in [0.15, 0.2) is 11.4 Å². The zero-order chi connectivity index (χ0) is 29.5. The van der Waals surface area contributed by atoms with E-state index in [4.69, 9.17) is 5.73 Å². The number of amides is 1. The maximum Gasteiger partial charge on any atom is 0.255 e. The van der Waals surface area contributed by atoms with Crippen molar-refractivity contribution in [2.24, 2.45) is 23.5 Å². The number of hydrogen-bond donors (Lipinski definition) is 5. The molecule has 5 aliphatic rings. The number of aliphatic hydroxyl groups is 3. The lowest BCUT2D eigenvalue weighted by Crippen LogP contribution is -2.63. The maximum absolute atomic E-state index is 16.2. The molecule has 10 nitrogen and oxygen atoms in total. The number of carbonyl (C=O) groups is 3. The molecule has 2 saturated carbocycles. The summed E-state index contributed by atoms with van der Waals surface area (Å²) in [5.41, 5.74) is 1.52. The van der Waals surface area contributed by atoms with Crippen molar-refractivity contribution in [3.63, 3.8) is 0 Å². The lowest BCUT2D eigenvalue weighted by molar-refractivity contribution is -0.148. The van der Waals surface area contributed by atoms with Crippen LogP contribution in [0.1, 0.15) is 60.0 Å². The highest BCUT2D eigenvalue weighted by Gasteiger charge is 2.63. The van der Waals surface area contributed by atoms with Gasteiger partial charge < -0.3 is 26.2 Å². The van der Waals surface area contributed by atoms with Crippen molar-refractivity contribution in [2.75, 3.05) is 20.6 Å². The summed E-state index contributed by atoms with van der Waals surface area (Å²) in [7, 11) is 3.12. The number of aromatic hydroxyl groups is 1. The SMILES string of the molecule is CN(C)[C@@H]1C(O)=C(C(N)=O)C(=O)[C@@]2(O)C(O)=C3C(=O)c4c(O)cc(CN(CC5CC5)C5CCC5)c(F)c4C[C@H]3C[C@@H]12. The second-order valence-corrected chi connectivity index (χ2v) is 12.6. The molecule has 5 aliphatic carbocycles. The summed E-state index contributed by atoms with van der Waals surface area (Å²) in [6.45, 7) is 1.18. The van der Waals surface area contributed by atoms with E-state index in [2.05, 4.69) is 4.90 Å². The van der Waals surface area contributed by atoms with Gasteiger partial charge in [-0.05, 0) is 70.5 Å². The molecule has 6 rings (SSSR count). The van der Waals surface area contributed by atoms with Crippen LogP contribution < -0.4 is 5.73 Å². The molecule has 4 atom stereocenters. The molecule has 1 aromatic carbocycles. The third kappa shape index (κ3) is 4.11. The number of halogens is 1. The maximum atomic E-state index is 16.2. The van der Waals surface area contributed by atoms with E-state index >= 15 is 4.39 Å². The van der Waals surface area contributed by atoms with Crippen molar-refractivity contribution in [3.8, 4) is 5.75 Å². The van der Waals surface area contributed by atoms with Gasteiger partial charge in [-0.1, -0.05) is 6.42 Å². The normalized spacial score (nSPS) is 30.0. The third-order valence-electron chi connectivity index (χ3n) is 9.88. The first kappa shape index (κ1) is 27.9. The number of nitrogens with zero attached hydrogens (tertiary/aromatic N) is 2. The lowest BCUT2D eigenvalue weighted by atomic mass is 9.58. The molecule has 6 N–H and O–H groups in total. The van der Waals surface area contributed by atoms with Gasteiger partial charge in [0.05, 0.1) is 11.6 Å². The zero-order valence-electron chi connectivity index (χ0n) is 23.2. The molecule has 1 amide bonds. The van der Waals surface area contributed by atoms with Crippen molar-refractivity contribution in [1.82, 2.24) is 9.80 Å². The van der Waals surface area contributed by atoms with Crippen LogP contribution >= 0.6 is 0 Å². The van der Waals surface area contributed by atoms with Crippen LogP contribution in [-0.2, 0) is 22.6 Å². The third-order valence-corrected chi connectivity index (χ3v) is 9.88. The fraction of sp³-hybridized carbons (Fsp3) is 0.567. The van der Waals surface area contributed by atoms with E-state index in [-0.39, 0.29) is 29.5 Å². The Morgan fingerprint density at radius 3 is 2.39 bits per heavy atom. The Labute approximate surface area is 236 Å². The van der Waals surface area contributed by atoms with Crippen molar-refractivity contribution >= 4 is 17.5 Å². The van der Waals surface area contributed by atoms with Gasteiger partial charge in [-0.15, -0.1) is 0 Å². The van der Waals surface area contributed by atoms with E-state index in [9.17, 15) is 34.8 Å². The van der Waals surface area contributed by atoms with Crippen LogP contribution in [0.25, 0.3) is 0 Å². The Morgan fingerprint density at radius 2 is 1.83 bits per heavy atom. The average molecular weight is 570 g/mol. The zero-order valence-corrected chi connectivity index (χ0v) is 23.2. The molecule has 2 fully saturated rings. The molecule has 0 radical (unpaired) electrons. The molecule has 0 spiro atoms. The monoisotopic (exact) mass is 569 g/mol. The number of ketones is 2. The van der Waals surface area contributed by atoms with Gasteiger partial charge in [0.2, 0.25) is 5.78 Å². The minimum Gasteiger partial charge on any atom is -0.510 e. The smallest absolute Gasteiger partial charge is 0.255 e. The van der Waals surface area contributed by atoms with E-state index in [1.54, 1.807) is 14.1 Å². The Bertz CT molecular complexity index is 1430. The van der Waals surface area contributed by atoms with Crippen LogP contribution in [-0.4, -0.2) is 86.0 Å². The van der Waals surface area contributed by atoms with Gasteiger partial charge in [-0.2, -0.15) is 0 Å². The van der Waals surface area contributed by atoms with Crippen LogP contribution in [0.4, 0.5) is 4.39 Å². The second kappa shape index (κ2) is 9.64. The van der Waals surface area contributed by atoms with Crippen LogP contribution in [0, 0.1) is 23.6 Å². The lowest BCUT2D eigenvalue weighted by Gasteiger charge is -2.50. The van der Waals surface area contributed by atoms with Gasteiger partial charge in [-0.3, -0.25) is 24.2 Å². The minimum absolute atomic E-state index is 0.0399. The Morgan fingerprint density at radius 1 is 1.15 bits per heavy atom. The fourth-order valence-electron chi connectivity index (χ4n) is 7.41. The molecule has 11 heteroatoms. The standard InChI is InChI=1S/C30H36FN3O7/c1-33(2)24-18-9-14-8-17-21(25(36)20(14)27(38)30(18,41)28(39)22(26(24)37)29(32)40)19(35)10-15(23(17)31)12-34(11-13-6-7-13)16-4-3-5-16/h10,13-14,16,18,24,35,37-38,41H,3-9,11-12H2,1-2H3,(H2,32,40)/t14-,18-,24-,30-/m0/s1. The number of benzene rings is 1. The number of carbonyl (C=O) groups excluding carboxylic acids is 3. The molecule has 41 heavy (non-hydrogen) atoms. The number of fused-ring (bicyclic) bond motifs is 3. The molecule has 1 aromatic rings. The van der Waals surface area contributed by atoms with Crippen molar-refractivity contribution < 1.29 is 39.2 Å². The van der Waals surface area contributed by atoms with Crippen molar-refractivity contribution in [3.05, 3.63) is 51.2 Å². The number of phenolic OH excluding ortho intramolecular Hbond substituents is 1. The number of aliphatic hydroxyl groups excluding tert-OH is 2. The molecule has 0 unspecified atom stereocenters. The first-order chi connectivity index (χ1) is 19.4. The number of primary amides is 1. The Kier molecular flexibility index (Phi) is 6.55. The van der Waals surface area contributed by atoms with Gasteiger partial charge >= 0.3 is 0 Å². The van der Waals surface area contributed by atoms with Crippen molar-refractivity contribution in [2.45, 2.75) is 69.2 Å². The van der Waals surface area contributed by atoms with E-state index in [0.29, 0.717) is 24.1 Å². The number of rotatable bonds is 7. The predicted molar refractivity (Wildman–Crippen MR) is 144 cm³/mol. The first-order valence-corrected chi connectivity index (χ1v) is 14.3. The van der Waals surface area contributed by atoms with Crippen molar-refractivity contribution in [1.29, 1.82) is 0 Å². The summed E-state index contributed by atoms with van der Waals surface area (Å²) in [6, 6.07) is 0.543. The van der Waals surface area contributed by atoms with Crippen LogP contribution in [0.15, 0.2) is 28.7 Å². The molecule has 0 aliphatic heterocycles. The quantitative estimate of drug-likeness (QED) is 0.309. The van der Waals surface area contributed by atoms with Gasteiger partial charge in [-0.25, -0.2) is 4.39 Å². The van der Waals surface area contributed by atoms with Gasteiger partial charge in [0.25, 0.3) is 5.91 Å². The Balaban J connectivity index is 1.42. The Hall–Kier alpha value is -3.28. The molecule has 0 heterocycles. The summed E-state index contributed by atoms with van der Waals surface area (Å²) in [6.07, 6.45) is 5.41. The van der Waals surface area contributed by atoms with E-state index in [1.807, 2.05) is 0 Å². The number of nitrogens with two attached hydrogens (primary N) is 1. The highest BCUT2D eigenvalue weighted by molar-refractivity contribution is 6.24.